The summed E-state index contributed by atoms with van der Waals surface area (Å²) in [5, 5.41) is 2.85. The Balaban J connectivity index is 1.79. The normalized spacial score (nSPS) is 20.8. The highest BCUT2D eigenvalue weighted by Gasteiger charge is 2.29. The van der Waals surface area contributed by atoms with E-state index in [9.17, 15) is 9.59 Å². The van der Waals surface area contributed by atoms with Crippen molar-refractivity contribution in [2.24, 2.45) is 5.92 Å². The molecule has 1 heterocycles. The minimum Gasteiger partial charge on any atom is -0.444 e. The van der Waals surface area contributed by atoms with Gasteiger partial charge in [0.15, 0.2) is 0 Å². The Morgan fingerprint density at radius 2 is 1.92 bits per heavy atom. The molecule has 0 radical (unpaired) electrons. The third kappa shape index (κ3) is 6.02. The van der Waals surface area contributed by atoms with Crippen molar-refractivity contribution in [2.45, 2.75) is 58.1 Å². The van der Waals surface area contributed by atoms with Gasteiger partial charge < -0.3 is 10.1 Å². The molecule has 8 heteroatoms. The van der Waals surface area contributed by atoms with Crippen LogP contribution in [0, 0.1) is 5.92 Å². The lowest BCUT2D eigenvalue weighted by molar-refractivity contribution is -0.125. The third-order valence-corrected chi connectivity index (χ3v) is 3.63. The molecule has 132 valence electrons. The summed E-state index contributed by atoms with van der Waals surface area (Å²) in [6.07, 6.45) is 5.83. The van der Waals surface area contributed by atoms with Gasteiger partial charge in [-0.2, -0.15) is 0 Å². The maximum Gasteiger partial charge on any atom is 0.407 e. The zero-order valence-electron chi connectivity index (χ0n) is 14.3. The molecular formula is C16H25N5O3. The Hall–Kier alpha value is -2.38. The number of anilines is 1. The van der Waals surface area contributed by atoms with Crippen molar-refractivity contribution in [3.63, 3.8) is 0 Å². The maximum atomic E-state index is 12.3. The monoisotopic (exact) mass is 335 g/mol. The fourth-order valence-corrected chi connectivity index (χ4v) is 2.62. The van der Waals surface area contributed by atoms with Crippen LogP contribution in [0.2, 0.25) is 0 Å². The van der Waals surface area contributed by atoms with Gasteiger partial charge in [-0.1, -0.05) is 6.42 Å². The van der Waals surface area contributed by atoms with Crippen molar-refractivity contribution in [1.82, 2.24) is 20.7 Å². The molecule has 0 spiro atoms. The van der Waals surface area contributed by atoms with Gasteiger partial charge in [0.2, 0.25) is 11.9 Å². The van der Waals surface area contributed by atoms with E-state index in [2.05, 4.69) is 26.1 Å². The molecule has 0 bridgehead atoms. The van der Waals surface area contributed by atoms with Crippen LogP contribution in [0.15, 0.2) is 18.5 Å². The molecule has 0 aliphatic heterocycles. The van der Waals surface area contributed by atoms with Gasteiger partial charge in [-0.25, -0.2) is 14.8 Å². The Morgan fingerprint density at radius 1 is 1.21 bits per heavy atom. The largest absolute Gasteiger partial charge is 0.444 e. The fraction of sp³-hybridized carbons (Fsp3) is 0.625. The summed E-state index contributed by atoms with van der Waals surface area (Å²) in [7, 11) is 0. The lowest BCUT2D eigenvalue weighted by Gasteiger charge is -2.30. The van der Waals surface area contributed by atoms with Crippen LogP contribution in [0.4, 0.5) is 10.7 Å². The lowest BCUT2D eigenvalue weighted by atomic mass is 9.85. The Kier molecular flexibility index (Phi) is 5.94. The first kappa shape index (κ1) is 18.0. The molecule has 2 rings (SSSR count). The van der Waals surface area contributed by atoms with Gasteiger partial charge in [-0.05, 0) is 46.1 Å². The summed E-state index contributed by atoms with van der Waals surface area (Å²) >= 11 is 0. The van der Waals surface area contributed by atoms with Crippen LogP contribution < -0.4 is 16.2 Å². The Bertz CT molecular complexity index is 559. The molecule has 1 aliphatic carbocycles. The second-order valence-corrected chi connectivity index (χ2v) is 6.89. The second-order valence-electron chi connectivity index (χ2n) is 6.89. The maximum absolute atomic E-state index is 12.3. The first-order valence-electron chi connectivity index (χ1n) is 8.16. The molecule has 1 saturated carbocycles. The fourth-order valence-electron chi connectivity index (χ4n) is 2.62. The van der Waals surface area contributed by atoms with E-state index in [0.717, 1.165) is 19.3 Å². The minimum absolute atomic E-state index is 0.0580. The highest BCUT2D eigenvalue weighted by molar-refractivity contribution is 5.79. The molecule has 1 fully saturated rings. The third-order valence-electron chi connectivity index (χ3n) is 3.63. The molecular weight excluding hydrogens is 310 g/mol. The molecule has 1 aromatic rings. The van der Waals surface area contributed by atoms with Crippen molar-refractivity contribution >= 4 is 17.9 Å². The number of carbonyl (C=O) groups excluding carboxylic acids is 2. The van der Waals surface area contributed by atoms with Crippen LogP contribution >= 0.6 is 0 Å². The molecule has 2 amide bonds. The van der Waals surface area contributed by atoms with E-state index in [4.69, 9.17) is 4.74 Å². The predicted octanol–water partition coefficient (Wildman–Crippen LogP) is 2.00. The van der Waals surface area contributed by atoms with E-state index in [1.165, 1.54) is 0 Å². The van der Waals surface area contributed by atoms with Gasteiger partial charge in [-0.15, -0.1) is 0 Å². The van der Waals surface area contributed by atoms with E-state index in [1.807, 2.05) is 20.8 Å². The van der Waals surface area contributed by atoms with Crippen molar-refractivity contribution < 1.29 is 14.3 Å². The molecule has 1 aliphatic rings. The van der Waals surface area contributed by atoms with Crippen molar-refractivity contribution in [3.8, 4) is 0 Å². The number of carbonyl (C=O) groups is 2. The van der Waals surface area contributed by atoms with Crippen molar-refractivity contribution in [1.29, 1.82) is 0 Å². The zero-order valence-corrected chi connectivity index (χ0v) is 14.3. The molecule has 3 N–H and O–H groups in total. The van der Waals surface area contributed by atoms with E-state index in [0.29, 0.717) is 12.4 Å². The quantitative estimate of drug-likeness (QED) is 0.727. The van der Waals surface area contributed by atoms with Gasteiger partial charge in [0.05, 0.1) is 0 Å². The van der Waals surface area contributed by atoms with Gasteiger partial charge >= 0.3 is 6.09 Å². The average Bonchev–Trinajstić information content (AvgIpc) is 2.52. The number of nitrogens with one attached hydrogen (secondary N) is 3. The molecule has 0 unspecified atom stereocenters. The van der Waals surface area contributed by atoms with Crippen molar-refractivity contribution in [3.05, 3.63) is 18.5 Å². The zero-order chi connectivity index (χ0) is 17.6. The van der Waals surface area contributed by atoms with Gasteiger partial charge in [0.1, 0.15) is 5.60 Å². The lowest BCUT2D eigenvalue weighted by Crippen LogP contribution is -2.45. The summed E-state index contributed by atoms with van der Waals surface area (Å²) in [6.45, 7) is 5.46. The number of rotatable bonds is 4. The highest BCUT2D eigenvalue weighted by atomic mass is 16.6. The summed E-state index contributed by atoms with van der Waals surface area (Å²) in [5.74, 6) is 0.0399. The van der Waals surface area contributed by atoms with E-state index in [1.54, 1.807) is 18.5 Å². The topological polar surface area (TPSA) is 105 Å². The van der Waals surface area contributed by atoms with Crippen LogP contribution in [-0.4, -0.2) is 33.6 Å². The smallest absolute Gasteiger partial charge is 0.407 e. The summed E-state index contributed by atoms with van der Waals surface area (Å²) in [4.78, 5) is 32.1. The molecule has 0 aromatic carbocycles. The Morgan fingerprint density at radius 3 is 2.58 bits per heavy atom. The number of hydrogen-bond donors (Lipinski definition) is 3. The number of hydrazine groups is 1. The summed E-state index contributed by atoms with van der Waals surface area (Å²) < 4.78 is 5.26. The van der Waals surface area contributed by atoms with Crippen molar-refractivity contribution in [2.75, 3.05) is 5.43 Å². The summed E-state index contributed by atoms with van der Waals surface area (Å²) in [5.41, 5.74) is 4.78. The number of ether oxygens (including phenoxy) is 1. The minimum atomic E-state index is -0.533. The van der Waals surface area contributed by atoms with E-state index in [-0.39, 0.29) is 17.9 Å². The predicted molar refractivity (Wildman–Crippen MR) is 88.9 cm³/mol. The van der Waals surface area contributed by atoms with E-state index >= 15 is 0 Å². The van der Waals surface area contributed by atoms with Gasteiger partial charge in [0, 0.05) is 24.4 Å². The first-order chi connectivity index (χ1) is 11.3. The average molecular weight is 335 g/mol. The van der Waals surface area contributed by atoms with Crippen LogP contribution in [0.5, 0.6) is 0 Å². The molecule has 8 nitrogen and oxygen atoms in total. The number of hydrogen-bond acceptors (Lipinski definition) is 6. The van der Waals surface area contributed by atoms with Gasteiger partial charge in [0.25, 0.3) is 0 Å². The first-order valence-corrected chi connectivity index (χ1v) is 8.16. The molecule has 0 saturated heterocycles. The van der Waals surface area contributed by atoms with Crippen LogP contribution in [-0.2, 0) is 9.53 Å². The molecule has 1 aromatic heterocycles. The standard InChI is InChI=1S/C16H25N5O3/c1-16(2,3)24-15(23)19-12-7-4-6-11(10-12)13(22)20-21-14-17-8-5-9-18-14/h5,8-9,11-12H,4,6-7,10H2,1-3H3,(H,19,23)(H,20,22)(H,17,18,21)/t11-,12+/m0/s1. The molecule has 2 atom stereocenters. The number of nitrogens with zero attached hydrogens (tertiary/aromatic N) is 2. The number of alkyl carbamates (subject to hydrolysis) is 1. The molecule has 24 heavy (non-hydrogen) atoms. The number of aromatic nitrogens is 2. The number of amides is 2. The van der Waals surface area contributed by atoms with E-state index < -0.39 is 11.7 Å². The Labute approximate surface area is 141 Å². The van der Waals surface area contributed by atoms with Gasteiger partial charge in [-0.3, -0.25) is 15.6 Å². The SMILES string of the molecule is CC(C)(C)OC(=O)N[C@@H]1CCC[C@H](C(=O)NNc2ncccn2)C1. The van der Waals surface area contributed by atoms with Crippen LogP contribution in [0.3, 0.4) is 0 Å². The summed E-state index contributed by atoms with van der Waals surface area (Å²) in [6, 6.07) is 1.64. The van der Waals surface area contributed by atoms with Crippen LogP contribution in [0.25, 0.3) is 0 Å². The second kappa shape index (κ2) is 7.94. The van der Waals surface area contributed by atoms with Crippen LogP contribution in [0.1, 0.15) is 46.5 Å². The highest BCUT2D eigenvalue weighted by Crippen LogP contribution is 2.24.